The van der Waals surface area contributed by atoms with Gasteiger partial charge >= 0.3 is 0 Å². The Morgan fingerprint density at radius 1 is 0.967 bits per heavy atom. The Balaban J connectivity index is 1.95. The maximum atomic E-state index is 13.2. The molecule has 0 bridgehead atoms. The van der Waals surface area contributed by atoms with Gasteiger partial charge in [0.1, 0.15) is 10.6 Å². The van der Waals surface area contributed by atoms with Crippen LogP contribution in [0, 0.1) is 6.92 Å². The quantitative estimate of drug-likeness (QED) is 0.632. The number of nitrogens with one attached hydrogen (secondary N) is 1. The largest absolute Gasteiger partial charge is 0.495 e. The molecule has 0 saturated carbocycles. The van der Waals surface area contributed by atoms with Crippen LogP contribution in [0.5, 0.6) is 5.75 Å². The minimum Gasteiger partial charge on any atom is -0.495 e. The molecule has 0 spiro atoms. The zero-order chi connectivity index (χ0) is 22.1. The van der Waals surface area contributed by atoms with E-state index in [0.717, 1.165) is 0 Å². The number of benzene rings is 2. The van der Waals surface area contributed by atoms with Gasteiger partial charge in [-0.05, 0) is 49.9 Å². The van der Waals surface area contributed by atoms with Crippen molar-refractivity contribution in [1.29, 1.82) is 0 Å². The van der Waals surface area contributed by atoms with E-state index in [1.165, 1.54) is 29.6 Å². The molecule has 0 atom stereocenters. The van der Waals surface area contributed by atoms with E-state index in [1.54, 1.807) is 25.1 Å². The first-order valence-electron chi connectivity index (χ1n) is 9.20. The summed E-state index contributed by atoms with van der Waals surface area (Å²) in [5.74, 6) is 0.183. The van der Waals surface area contributed by atoms with Crippen LogP contribution in [0.1, 0.15) is 5.56 Å². The number of halogens is 1. The van der Waals surface area contributed by atoms with Gasteiger partial charge in [-0.25, -0.2) is 16.8 Å². The zero-order valence-electron chi connectivity index (χ0n) is 16.9. The second-order valence-electron chi connectivity index (χ2n) is 7.09. The van der Waals surface area contributed by atoms with E-state index in [4.69, 9.17) is 4.74 Å². The van der Waals surface area contributed by atoms with Crippen LogP contribution in [0.4, 0.5) is 5.69 Å². The Morgan fingerprint density at radius 3 is 2.27 bits per heavy atom. The predicted octanol–water partition coefficient (Wildman–Crippen LogP) is 2.50. The highest BCUT2D eigenvalue weighted by Gasteiger charge is 2.29. The maximum absolute atomic E-state index is 13.2. The Morgan fingerprint density at radius 2 is 1.63 bits per heavy atom. The van der Waals surface area contributed by atoms with Crippen molar-refractivity contribution in [2.75, 3.05) is 45.1 Å². The molecule has 0 amide bonds. The van der Waals surface area contributed by atoms with Gasteiger partial charge in [-0.15, -0.1) is 0 Å². The van der Waals surface area contributed by atoms with Crippen LogP contribution >= 0.6 is 15.9 Å². The molecule has 11 heteroatoms. The minimum absolute atomic E-state index is 0.0524. The fraction of sp³-hybridized carbons (Fsp3) is 0.368. The van der Waals surface area contributed by atoms with Gasteiger partial charge in [0.05, 0.1) is 17.7 Å². The third-order valence-electron chi connectivity index (χ3n) is 4.94. The maximum Gasteiger partial charge on any atom is 0.265 e. The van der Waals surface area contributed by atoms with Crippen LogP contribution in [-0.4, -0.2) is 66.4 Å². The molecule has 0 aromatic heterocycles. The van der Waals surface area contributed by atoms with Crippen LogP contribution < -0.4 is 9.46 Å². The smallest absolute Gasteiger partial charge is 0.265 e. The van der Waals surface area contributed by atoms with Gasteiger partial charge in [-0.1, -0.05) is 22.0 Å². The molecule has 3 rings (SSSR count). The minimum atomic E-state index is -4.01. The van der Waals surface area contributed by atoms with Crippen LogP contribution in [0.15, 0.2) is 50.7 Å². The lowest BCUT2D eigenvalue weighted by Crippen LogP contribution is -2.47. The highest BCUT2D eigenvalue weighted by Crippen LogP contribution is 2.30. The first kappa shape index (κ1) is 23.0. The van der Waals surface area contributed by atoms with Crippen molar-refractivity contribution in [3.63, 3.8) is 0 Å². The summed E-state index contributed by atoms with van der Waals surface area (Å²) in [6.07, 6.45) is 0. The monoisotopic (exact) mass is 517 g/mol. The van der Waals surface area contributed by atoms with Gasteiger partial charge in [0.15, 0.2) is 0 Å². The van der Waals surface area contributed by atoms with Gasteiger partial charge in [0.25, 0.3) is 10.0 Å². The number of ether oxygens (including phenoxy) is 1. The lowest BCUT2D eigenvalue weighted by atomic mass is 10.2. The zero-order valence-corrected chi connectivity index (χ0v) is 20.1. The van der Waals surface area contributed by atoms with Crippen LogP contribution in [-0.2, 0) is 20.0 Å². The number of hydrogen-bond donors (Lipinski definition) is 1. The van der Waals surface area contributed by atoms with Crippen molar-refractivity contribution in [2.45, 2.75) is 16.7 Å². The van der Waals surface area contributed by atoms with Crippen LogP contribution in [0.25, 0.3) is 0 Å². The number of nitrogens with zero attached hydrogens (tertiary/aromatic N) is 2. The average molecular weight is 518 g/mol. The average Bonchev–Trinajstić information content (AvgIpc) is 2.69. The molecule has 0 unspecified atom stereocenters. The second-order valence-corrected chi connectivity index (χ2v) is 11.6. The molecular weight excluding hydrogens is 494 g/mol. The Hall–Kier alpha value is -1.66. The van der Waals surface area contributed by atoms with Gasteiger partial charge in [0, 0.05) is 30.7 Å². The molecule has 30 heavy (non-hydrogen) atoms. The first-order valence-corrected chi connectivity index (χ1v) is 12.9. The molecule has 1 heterocycles. The number of methoxy groups -OCH3 is 1. The van der Waals surface area contributed by atoms with Crippen LogP contribution in [0.3, 0.4) is 0 Å². The topological polar surface area (TPSA) is 96.0 Å². The van der Waals surface area contributed by atoms with Crippen molar-refractivity contribution in [1.82, 2.24) is 9.21 Å². The number of likely N-dealkylation sites (N-methyl/N-ethyl adjacent to an activating group) is 1. The molecule has 2 aromatic carbocycles. The summed E-state index contributed by atoms with van der Waals surface area (Å²) in [4.78, 5) is 2.10. The third-order valence-corrected chi connectivity index (χ3v) is 8.87. The van der Waals surface area contributed by atoms with Gasteiger partial charge in [-0.2, -0.15) is 4.31 Å². The van der Waals surface area contributed by atoms with Crippen LogP contribution in [0.2, 0.25) is 0 Å². The van der Waals surface area contributed by atoms with E-state index in [1.807, 2.05) is 7.05 Å². The first-order chi connectivity index (χ1) is 14.0. The number of hydrogen-bond acceptors (Lipinski definition) is 6. The summed E-state index contributed by atoms with van der Waals surface area (Å²) >= 11 is 3.26. The number of anilines is 1. The molecule has 1 aliphatic heterocycles. The molecule has 1 saturated heterocycles. The standard InChI is InChI=1S/C19H24BrN3O5S2/c1-14-4-6-16(13-18(14)30(26,27)23-10-8-22(2)9-11-23)21-29(24,25)19-12-15(20)5-7-17(19)28-3/h4-7,12-13,21H,8-11H2,1-3H3. The van der Waals surface area contributed by atoms with Gasteiger partial charge in [-0.3, -0.25) is 4.72 Å². The number of rotatable bonds is 6. The van der Waals surface area contributed by atoms with E-state index in [2.05, 4.69) is 25.6 Å². The molecule has 1 N–H and O–H groups in total. The molecule has 8 nitrogen and oxygen atoms in total. The highest BCUT2D eigenvalue weighted by molar-refractivity contribution is 9.10. The molecule has 0 aliphatic carbocycles. The van der Waals surface area contributed by atoms with Crippen molar-refractivity contribution >= 4 is 41.7 Å². The van der Waals surface area contributed by atoms with E-state index in [-0.39, 0.29) is 21.2 Å². The van der Waals surface area contributed by atoms with Crippen molar-refractivity contribution < 1.29 is 21.6 Å². The Kier molecular flexibility index (Phi) is 6.78. The molecule has 1 aliphatic rings. The molecular formula is C19H24BrN3O5S2. The van der Waals surface area contributed by atoms with Crippen molar-refractivity contribution in [3.05, 3.63) is 46.4 Å². The fourth-order valence-corrected chi connectivity index (χ4v) is 6.61. The normalized spacial score (nSPS) is 16.4. The molecule has 2 aromatic rings. The second kappa shape index (κ2) is 8.83. The number of sulfonamides is 2. The Bertz CT molecular complexity index is 1140. The third kappa shape index (κ3) is 4.80. The van der Waals surface area contributed by atoms with Gasteiger partial charge < -0.3 is 9.64 Å². The number of piperazine rings is 1. The number of aryl methyl sites for hydroxylation is 1. The van der Waals surface area contributed by atoms with E-state index in [0.29, 0.717) is 36.2 Å². The summed E-state index contributed by atoms with van der Waals surface area (Å²) in [5.41, 5.74) is 0.715. The fourth-order valence-electron chi connectivity index (χ4n) is 3.18. The SMILES string of the molecule is COc1ccc(Br)cc1S(=O)(=O)Nc1ccc(C)c(S(=O)(=O)N2CCN(C)CC2)c1. The van der Waals surface area contributed by atoms with E-state index >= 15 is 0 Å². The van der Waals surface area contributed by atoms with Crippen molar-refractivity contribution in [2.24, 2.45) is 0 Å². The summed E-state index contributed by atoms with van der Waals surface area (Å²) in [6.45, 7) is 3.77. The van der Waals surface area contributed by atoms with Crippen molar-refractivity contribution in [3.8, 4) is 5.75 Å². The highest BCUT2D eigenvalue weighted by atomic mass is 79.9. The molecule has 1 fully saturated rings. The molecule has 0 radical (unpaired) electrons. The molecule has 164 valence electrons. The summed E-state index contributed by atoms with van der Waals surface area (Å²) in [5, 5.41) is 0. The summed E-state index contributed by atoms with van der Waals surface area (Å²) in [6, 6.07) is 9.14. The predicted molar refractivity (Wildman–Crippen MR) is 119 cm³/mol. The van der Waals surface area contributed by atoms with Gasteiger partial charge in [0.2, 0.25) is 10.0 Å². The lowest BCUT2D eigenvalue weighted by Gasteiger charge is -2.32. The lowest BCUT2D eigenvalue weighted by molar-refractivity contribution is 0.222. The summed E-state index contributed by atoms with van der Waals surface area (Å²) < 4.78 is 61.8. The van der Waals surface area contributed by atoms with E-state index in [9.17, 15) is 16.8 Å². The Labute approximate surface area is 186 Å². The summed E-state index contributed by atoms with van der Waals surface area (Å²) in [7, 11) is -4.42. The van der Waals surface area contributed by atoms with E-state index < -0.39 is 20.0 Å².